The smallest absolute Gasteiger partial charge is 0.123 e. The molecule has 2 heteroatoms. The van der Waals surface area contributed by atoms with E-state index in [1.807, 2.05) is 32.1 Å². The van der Waals surface area contributed by atoms with Crippen LogP contribution in [0.2, 0.25) is 0 Å². The fourth-order valence-electron chi connectivity index (χ4n) is 1.86. The molecule has 0 bridgehead atoms. The molecule has 0 saturated carbocycles. The van der Waals surface area contributed by atoms with Crippen LogP contribution < -0.4 is 4.74 Å². The molecule has 0 N–H and O–H groups in total. The van der Waals surface area contributed by atoms with Crippen LogP contribution in [0.5, 0.6) is 5.75 Å². The van der Waals surface area contributed by atoms with E-state index in [-0.39, 0.29) is 0 Å². The molecular weight excluding hydrogens is 224 g/mol. The van der Waals surface area contributed by atoms with Crippen molar-refractivity contribution in [1.82, 2.24) is 0 Å². The van der Waals surface area contributed by atoms with Crippen molar-refractivity contribution >= 4 is 12.4 Å². The first kappa shape index (κ1) is 14.2. The monoisotopic (exact) mass is 244 g/mol. The predicted octanol–water partition coefficient (Wildman–Crippen LogP) is 3.78. The molecule has 0 saturated heterocycles. The van der Waals surface area contributed by atoms with E-state index < -0.39 is 0 Å². The maximum absolute atomic E-state index is 10.3. The lowest BCUT2D eigenvalue weighted by molar-refractivity contribution is -0.107. The van der Waals surface area contributed by atoms with Gasteiger partial charge in [0.2, 0.25) is 0 Å². The molecule has 1 aromatic carbocycles. The number of carbonyl (C=O) groups excluding carboxylic acids is 1. The van der Waals surface area contributed by atoms with Gasteiger partial charge in [-0.25, -0.2) is 0 Å². The number of allylic oxidation sites excluding steroid dienone is 1. The molecule has 0 atom stereocenters. The summed E-state index contributed by atoms with van der Waals surface area (Å²) >= 11 is 0. The predicted molar refractivity (Wildman–Crippen MR) is 76.1 cm³/mol. The zero-order valence-corrected chi connectivity index (χ0v) is 11.3. The summed E-state index contributed by atoms with van der Waals surface area (Å²) < 4.78 is 5.63. The molecule has 0 aliphatic heterocycles. The Hall–Kier alpha value is -1.83. The third-order valence-corrected chi connectivity index (χ3v) is 2.98. The Kier molecular flexibility index (Phi) is 5.37. The fourth-order valence-corrected chi connectivity index (χ4v) is 1.86. The molecule has 0 heterocycles. The van der Waals surface area contributed by atoms with E-state index in [9.17, 15) is 4.79 Å². The molecule has 1 aromatic rings. The number of benzene rings is 1. The van der Waals surface area contributed by atoms with Gasteiger partial charge in [-0.3, -0.25) is 0 Å². The molecule has 0 aromatic heterocycles. The Morgan fingerprint density at radius 3 is 2.61 bits per heavy atom. The van der Waals surface area contributed by atoms with Crippen molar-refractivity contribution in [2.24, 2.45) is 0 Å². The number of aldehydes is 1. The Morgan fingerprint density at radius 1 is 1.28 bits per heavy atom. The van der Waals surface area contributed by atoms with Crippen LogP contribution in [0.15, 0.2) is 24.8 Å². The first-order valence-electron chi connectivity index (χ1n) is 6.06. The number of ether oxygens (including phenoxy) is 1. The minimum atomic E-state index is 0.451. The highest BCUT2D eigenvalue weighted by Gasteiger charge is 2.08. The van der Waals surface area contributed by atoms with Crippen molar-refractivity contribution in [3.8, 4) is 5.75 Å². The van der Waals surface area contributed by atoms with Gasteiger partial charge < -0.3 is 9.53 Å². The first-order chi connectivity index (χ1) is 8.61. The third-order valence-electron chi connectivity index (χ3n) is 2.98. The second-order valence-electron chi connectivity index (χ2n) is 4.26. The zero-order chi connectivity index (χ0) is 13.5. The lowest BCUT2D eigenvalue weighted by atomic mass is 9.97. The minimum absolute atomic E-state index is 0.451. The lowest BCUT2D eigenvalue weighted by Gasteiger charge is -2.14. The molecule has 0 spiro atoms. The number of rotatable bonds is 6. The summed E-state index contributed by atoms with van der Waals surface area (Å²) in [5.41, 5.74) is 4.64. The number of hydrogen-bond acceptors (Lipinski definition) is 2. The maximum atomic E-state index is 10.3. The summed E-state index contributed by atoms with van der Waals surface area (Å²) in [5, 5.41) is 0. The summed E-state index contributed by atoms with van der Waals surface area (Å²) in [5.74, 6) is 0.900. The van der Waals surface area contributed by atoms with Gasteiger partial charge in [0, 0.05) is 6.42 Å². The molecule has 96 valence electrons. The number of aryl methyl sites for hydroxylation is 1. The second kappa shape index (κ2) is 6.80. The van der Waals surface area contributed by atoms with Crippen LogP contribution in [-0.4, -0.2) is 12.9 Å². The lowest BCUT2D eigenvalue weighted by Crippen LogP contribution is -1.99. The van der Waals surface area contributed by atoms with E-state index in [4.69, 9.17) is 4.74 Å². The van der Waals surface area contributed by atoms with Crippen LogP contribution in [0.25, 0.3) is 6.08 Å². The van der Waals surface area contributed by atoms with E-state index >= 15 is 0 Å². The molecule has 18 heavy (non-hydrogen) atoms. The normalized spacial score (nSPS) is 10.6. The van der Waals surface area contributed by atoms with Crippen molar-refractivity contribution in [1.29, 1.82) is 0 Å². The molecule has 0 unspecified atom stereocenters. The zero-order valence-electron chi connectivity index (χ0n) is 11.3. The average molecular weight is 244 g/mol. The number of hydrogen-bond donors (Lipinski definition) is 0. The van der Waals surface area contributed by atoms with Gasteiger partial charge in [-0.1, -0.05) is 24.8 Å². The van der Waals surface area contributed by atoms with E-state index in [1.54, 1.807) is 6.08 Å². The van der Waals surface area contributed by atoms with Gasteiger partial charge in [0.15, 0.2) is 0 Å². The van der Waals surface area contributed by atoms with Gasteiger partial charge in [-0.15, -0.1) is 0 Å². The van der Waals surface area contributed by atoms with Crippen molar-refractivity contribution in [3.63, 3.8) is 0 Å². The highest BCUT2D eigenvalue weighted by molar-refractivity contribution is 5.64. The quantitative estimate of drug-likeness (QED) is 0.562. The third kappa shape index (κ3) is 3.33. The standard InChI is InChI=1S/C16H20O2/c1-5-10-18-16-11-12(2)15(8-6-7-9-17)13(3)14(16)4/h5-6,8-9,11H,1,7,10H2,2-4H3/b8-6+. The van der Waals surface area contributed by atoms with Crippen LogP contribution >= 0.6 is 0 Å². The average Bonchev–Trinajstić information content (AvgIpc) is 2.36. The van der Waals surface area contributed by atoms with E-state index in [0.29, 0.717) is 13.0 Å². The highest BCUT2D eigenvalue weighted by Crippen LogP contribution is 2.28. The molecule has 1 rings (SSSR count). The summed E-state index contributed by atoms with van der Waals surface area (Å²) in [4.78, 5) is 10.3. The van der Waals surface area contributed by atoms with Gasteiger partial charge in [-0.05, 0) is 49.1 Å². The largest absolute Gasteiger partial charge is 0.489 e. The van der Waals surface area contributed by atoms with Crippen LogP contribution in [0.3, 0.4) is 0 Å². The van der Waals surface area contributed by atoms with E-state index in [2.05, 4.69) is 13.5 Å². The molecule has 0 radical (unpaired) electrons. The van der Waals surface area contributed by atoms with Gasteiger partial charge in [0.1, 0.15) is 18.6 Å². The molecule has 0 fully saturated rings. The summed E-state index contributed by atoms with van der Waals surface area (Å²) in [6.07, 6.45) is 6.97. The Balaban J connectivity index is 3.11. The Morgan fingerprint density at radius 2 is 2.00 bits per heavy atom. The molecule has 0 amide bonds. The fraction of sp³-hybridized carbons (Fsp3) is 0.312. The van der Waals surface area contributed by atoms with Crippen molar-refractivity contribution in [2.45, 2.75) is 27.2 Å². The van der Waals surface area contributed by atoms with Crippen LogP contribution in [0.4, 0.5) is 0 Å². The van der Waals surface area contributed by atoms with E-state index in [0.717, 1.165) is 23.2 Å². The van der Waals surface area contributed by atoms with Gasteiger partial charge in [0.25, 0.3) is 0 Å². The first-order valence-corrected chi connectivity index (χ1v) is 6.06. The Labute approximate surface area is 109 Å². The molecule has 0 aliphatic carbocycles. The van der Waals surface area contributed by atoms with Gasteiger partial charge >= 0.3 is 0 Å². The summed E-state index contributed by atoms with van der Waals surface area (Å²) in [6, 6.07) is 2.03. The topological polar surface area (TPSA) is 26.3 Å². The van der Waals surface area contributed by atoms with Gasteiger partial charge in [0.05, 0.1) is 0 Å². The molecule has 0 aliphatic rings. The Bertz CT molecular complexity index is 470. The minimum Gasteiger partial charge on any atom is -0.489 e. The van der Waals surface area contributed by atoms with Crippen molar-refractivity contribution < 1.29 is 9.53 Å². The van der Waals surface area contributed by atoms with Crippen LogP contribution in [-0.2, 0) is 4.79 Å². The van der Waals surface area contributed by atoms with Gasteiger partial charge in [-0.2, -0.15) is 0 Å². The number of carbonyl (C=O) groups is 1. The SMILES string of the molecule is C=CCOc1cc(C)c(/C=C/CC=O)c(C)c1C. The van der Waals surface area contributed by atoms with Crippen LogP contribution in [0, 0.1) is 20.8 Å². The highest BCUT2D eigenvalue weighted by atomic mass is 16.5. The molecular formula is C16H20O2. The summed E-state index contributed by atoms with van der Waals surface area (Å²) in [7, 11) is 0. The summed E-state index contributed by atoms with van der Waals surface area (Å²) in [6.45, 7) is 10.3. The maximum Gasteiger partial charge on any atom is 0.123 e. The van der Waals surface area contributed by atoms with Crippen molar-refractivity contribution in [2.75, 3.05) is 6.61 Å². The van der Waals surface area contributed by atoms with Crippen LogP contribution in [0.1, 0.15) is 28.7 Å². The van der Waals surface area contributed by atoms with Crippen molar-refractivity contribution in [3.05, 3.63) is 47.1 Å². The second-order valence-corrected chi connectivity index (χ2v) is 4.26. The molecule has 2 nitrogen and oxygen atoms in total. The van der Waals surface area contributed by atoms with E-state index in [1.165, 1.54) is 11.1 Å².